The van der Waals surface area contributed by atoms with E-state index in [-0.39, 0.29) is 12.5 Å². The average Bonchev–Trinajstić information content (AvgIpc) is 2.73. The second kappa shape index (κ2) is 9.22. The first-order chi connectivity index (χ1) is 13.5. The molecule has 28 heavy (non-hydrogen) atoms. The largest absolute Gasteiger partial charge is 0.496 e. The highest BCUT2D eigenvalue weighted by atomic mass is 16.5. The van der Waals surface area contributed by atoms with E-state index < -0.39 is 11.5 Å². The van der Waals surface area contributed by atoms with Gasteiger partial charge >= 0.3 is 0 Å². The summed E-state index contributed by atoms with van der Waals surface area (Å²) in [4.78, 5) is 12.9. The topological polar surface area (TPSA) is 67.8 Å². The Balaban J connectivity index is 1.79. The molecule has 0 unspecified atom stereocenters. The molecular formula is C23H29NO4. The summed E-state index contributed by atoms with van der Waals surface area (Å²) in [6.07, 6.45) is 1.48. The summed E-state index contributed by atoms with van der Waals surface area (Å²) < 4.78 is 11.0. The minimum absolute atomic E-state index is 0.00510. The van der Waals surface area contributed by atoms with Crippen LogP contribution in [-0.4, -0.2) is 44.0 Å². The van der Waals surface area contributed by atoms with Crippen LogP contribution in [0.5, 0.6) is 5.75 Å². The Hall–Kier alpha value is -2.37. The number of hydrogen-bond acceptors (Lipinski definition) is 4. The normalized spacial score (nSPS) is 17.0. The maximum atomic E-state index is 12.9. The molecule has 0 aliphatic carbocycles. The van der Waals surface area contributed by atoms with Gasteiger partial charge in [0.2, 0.25) is 5.91 Å². The number of rotatable bonds is 7. The molecule has 1 fully saturated rings. The van der Waals surface area contributed by atoms with Crippen LogP contribution in [0.3, 0.4) is 0 Å². The Bertz CT molecular complexity index is 779. The number of carbonyl (C=O) groups excluding carboxylic acids is 1. The van der Waals surface area contributed by atoms with Crippen LogP contribution in [-0.2, 0) is 16.0 Å². The Morgan fingerprint density at radius 2 is 1.86 bits per heavy atom. The zero-order valence-corrected chi connectivity index (χ0v) is 16.6. The van der Waals surface area contributed by atoms with Crippen LogP contribution in [0.1, 0.15) is 25.3 Å². The number of para-hydroxylation sites is 1. The van der Waals surface area contributed by atoms with Crippen LogP contribution in [0.4, 0.5) is 0 Å². The van der Waals surface area contributed by atoms with Crippen molar-refractivity contribution in [3.05, 3.63) is 54.1 Å². The maximum Gasteiger partial charge on any atom is 0.226 e. The summed E-state index contributed by atoms with van der Waals surface area (Å²) in [5.74, 6) is 0.846. The maximum absolute atomic E-state index is 12.9. The molecule has 5 nitrogen and oxygen atoms in total. The Morgan fingerprint density at radius 1 is 1.18 bits per heavy atom. The van der Waals surface area contributed by atoms with Gasteiger partial charge in [-0.2, -0.15) is 0 Å². The molecule has 2 N–H and O–H groups in total. The lowest BCUT2D eigenvalue weighted by atomic mass is 9.74. The van der Waals surface area contributed by atoms with Gasteiger partial charge in [-0.1, -0.05) is 42.5 Å². The molecule has 2 aromatic carbocycles. The third kappa shape index (κ3) is 4.72. The molecule has 1 atom stereocenters. The lowest BCUT2D eigenvalue weighted by Gasteiger charge is -2.36. The summed E-state index contributed by atoms with van der Waals surface area (Å²) in [5.41, 5.74) is 2.76. The molecule has 2 aromatic rings. The first kappa shape index (κ1) is 20.4. The molecule has 1 aliphatic rings. The highest BCUT2D eigenvalue weighted by Gasteiger charge is 2.40. The van der Waals surface area contributed by atoms with E-state index >= 15 is 0 Å². The van der Waals surface area contributed by atoms with Crippen molar-refractivity contribution in [1.82, 2.24) is 5.32 Å². The van der Waals surface area contributed by atoms with Gasteiger partial charge in [-0.15, -0.1) is 0 Å². The van der Waals surface area contributed by atoms with Crippen LogP contribution in [0.15, 0.2) is 48.5 Å². The zero-order chi connectivity index (χ0) is 20.0. The number of benzene rings is 2. The molecule has 1 amide bonds. The third-order valence-corrected chi connectivity index (χ3v) is 5.40. The lowest BCUT2D eigenvalue weighted by molar-refractivity contribution is -0.137. The van der Waals surface area contributed by atoms with Crippen LogP contribution < -0.4 is 10.1 Å². The highest BCUT2D eigenvalue weighted by molar-refractivity contribution is 5.83. The number of aliphatic hydroxyl groups is 1. The van der Waals surface area contributed by atoms with E-state index in [1.54, 1.807) is 14.0 Å². The van der Waals surface area contributed by atoms with E-state index in [1.165, 1.54) is 0 Å². The minimum atomic E-state index is -0.555. The Labute approximate surface area is 166 Å². The predicted molar refractivity (Wildman–Crippen MR) is 109 cm³/mol. The molecule has 5 heteroatoms. The van der Waals surface area contributed by atoms with Crippen LogP contribution in [0.2, 0.25) is 0 Å². The lowest BCUT2D eigenvalue weighted by Crippen LogP contribution is -2.47. The van der Waals surface area contributed by atoms with Gasteiger partial charge in [0, 0.05) is 25.3 Å². The Kier molecular flexibility index (Phi) is 6.70. The number of aliphatic hydroxyl groups excluding tert-OH is 1. The van der Waals surface area contributed by atoms with Crippen molar-refractivity contribution in [2.45, 2.75) is 32.3 Å². The SMILES string of the molecule is COc1ccccc1-c1ccc(CC2(C(=O)NC[C@H](C)O)CCOCC2)cc1. The monoisotopic (exact) mass is 383 g/mol. The number of amides is 1. The smallest absolute Gasteiger partial charge is 0.226 e. The fraction of sp³-hybridized carbons (Fsp3) is 0.435. The van der Waals surface area contributed by atoms with Gasteiger partial charge in [-0.25, -0.2) is 0 Å². The van der Waals surface area contributed by atoms with Crippen molar-refractivity contribution in [3.63, 3.8) is 0 Å². The molecule has 1 heterocycles. The summed E-state index contributed by atoms with van der Waals surface area (Å²) >= 11 is 0. The molecule has 1 saturated heterocycles. The van der Waals surface area contributed by atoms with Crippen molar-refractivity contribution in [2.24, 2.45) is 5.41 Å². The van der Waals surface area contributed by atoms with Crippen molar-refractivity contribution in [2.75, 3.05) is 26.9 Å². The molecule has 0 aromatic heterocycles. The average molecular weight is 383 g/mol. The van der Waals surface area contributed by atoms with E-state index in [1.807, 2.05) is 24.3 Å². The van der Waals surface area contributed by atoms with Gasteiger partial charge in [-0.05, 0) is 43.4 Å². The van der Waals surface area contributed by atoms with Gasteiger partial charge in [0.05, 0.1) is 18.6 Å². The standard InChI is InChI=1S/C23H29NO4/c1-17(25)16-24-22(26)23(11-13-28-14-12-23)15-18-7-9-19(10-8-18)20-5-3-4-6-21(20)27-2/h3-10,17,25H,11-16H2,1-2H3,(H,24,26)/t17-/m0/s1. The highest BCUT2D eigenvalue weighted by Crippen LogP contribution is 2.36. The van der Waals surface area contributed by atoms with Crippen LogP contribution >= 0.6 is 0 Å². The second-order valence-corrected chi connectivity index (χ2v) is 7.53. The van der Waals surface area contributed by atoms with Gasteiger partial charge in [-0.3, -0.25) is 4.79 Å². The van der Waals surface area contributed by atoms with Gasteiger partial charge < -0.3 is 19.9 Å². The first-order valence-electron chi connectivity index (χ1n) is 9.80. The van der Waals surface area contributed by atoms with Gasteiger partial charge in [0.1, 0.15) is 5.75 Å². The van der Waals surface area contributed by atoms with E-state index in [9.17, 15) is 9.90 Å². The van der Waals surface area contributed by atoms with Gasteiger partial charge in [0.15, 0.2) is 0 Å². The minimum Gasteiger partial charge on any atom is -0.496 e. The quantitative estimate of drug-likeness (QED) is 0.771. The van der Waals surface area contributed by atoms with Crippen LogP contribution in [0.25, 0.3) is 11.1 Å². The predicted octanol–water partition coefficient (Wildman–Crippen LogP) is 3.20. The van der Waals surface area contributed by atoms with E-state index in [4.69, 9.17) is 9.47 Å². The van der Waals surface area contributed by atoms with E-state index in [0.29, 0.717) is 32.5 Å². The summed E-state index contributed by atoms with van der Waals surface area (Å²) in [6.45, 7) is 3.12. The van der Waals surface area contributed by atoms with E-state index in [0.717, 1.165) is 22.4 Å². The van der Waals surface area contributed by atoms with E-state index in [2.05, 4.69) is 29.6 Å². The second-order valence-electron chi connectivity index (χ2n) is 7.53. The number of hydrogen-bond donors (Lipinski definition) is 2. The van der Waals surface area contributed by atoms with Gasteiger partial charge in [0.25, 0.3) is 0 Å². The molecule has 0 radical (unpaired) electrons. The fourth-order valence-corrected chi connectivity index (χ4v) is 3.75. The number of methoxy groups -OCH3 is 1. The summed E-state index contributed by atoms with van der Waals surface area (Å²) in [7, 11) is 1.67. The summed E-state index contributed by atoms with van der Waals surface area (Å²) in [6, 6.07) is 16.3. The first-order valence-corrected chi connectivity index (χ1v) is 9.80. The zero-order valence-electron chi connectivity index (χ0n) is 16.6. The molecule has 0 spiro atoms. The number of nitrogens with one attached hydrogen (secondary N) is 1. The summed E-state index contributed by atoms with van der Waals surface area (Å²) in [5, 5.41) is 12.4. The van der Waals surface area contributed by atoms with Crippen molar-refractivity contribution < 1.29 is 19.4 Å². The molecule has 1 aliphatic heterocycles. The number of carbonyl (C=O) groups is 1. The number of ether oxygens (including phenoxy) is 2. The molecular weight excluding hydrogens is 354 g/mol. The third-order valence-electron chi connectivity index (χ3n) is 5.40. The molecule has 0 saturated carbocycles. The van der Waals surface area contributed by atoms with Crippen molar-refractivity contribution >= 4 is 5.91 Å². The van der Waals surface area contributed by atoms with Crippen LogP contribution in [0, 0.1) is 5.41 Å². The Morgan fingerprint density at radius 3 is 2.50 bits per heavy atom. The molecule has 0 bridgehead atoms. The van der Waals surface area contributed by atoms with Crippen molar-refractivity contribution in [1.29, 1.82) is 0 Å². The fourth-order valence-electron chi connectivity index (χ4n) is 3.75. The molecule has 150 valence electrons. The molecule has 3 rings (SSSR count). The van der Waals surface area contributed by atoms with Crippen molar-refractivity contribution in [3.8, 4) is 16.9 Å².